The van der Waals surface area contributed by atoms with Gasteiger partial charge in [0.05, 0.1) is 4.47 Å². The molecule has 19 heavy (non-hydrogen) atoms. The maximum absolute atomic E-state index is 11.1. The predicted octanol–water partition coefficient (Wildman–Crippen LogP) is 3.98. The highest BCUT2D eigenvalue weighted by Gasteiger charge is 2.14. The lowest BCUT2D eigenvalue weighted by Crippen LogP contribution is -2.04. The van der Waals surface area contributed by atoms with Crippen LogP contribution < -0.4 is 0 Å². The summed E-state index contributed by atoms with van der Waals surface area (Å²) in [5.41, 5.74) is 2.87. The van der Waals surface area contributed by atoms with Crippen molar-refractivity contribution in [3.8, 4) is 11.4 Å². The van der Waals surface area contributed by atoms with Gasteiger partial charge in [0.15, 0.2) is 11.5 Å². The van der Waals surface area contributed by atoms with E-state index in [4.69, 9.17) is 5.11 Å². The quantitative estimate of drug-likeness (QED) is 0.848. The summed E-state index contributed by atoms with van der Waals surface area (Å²) in [6.07, 6.45) is 1.46. The van der Waals surface area contributed by atoms with Gasteiger partial charge in [0, 0.05) is 16.2 Å². The van der Waals surface area contributed by atoms with E-state index >= 15 is 0 Å². The van der Waals surface area contributed by atoms with Crippen LogP contribution in [0.25, 0.3) is 11.4 Å². The van der Waals surface area contributed by atoms with Gasteiger partial charge in [-0.2, -0.15) is 0 Å². The fraction of sp³-hybridized carbons (Fsp3) is 0.154. The second-order valence-electron chi connectivity index (χ2n) is 4.12. The molecular formula is C13H10Br2N2O2. The largest absolute Gasteiger partial charge is 0.476 e. The third kappa shape index (κ3) is 2.84. The van der Waals surface area contributed by atoms with E-state index in [9.17, 15) is 4.79 Å². The van der Waals surface area contributed by atoms with Gasteiger partial charge in [0.25, 0.3) is 0 Å². The summed E-state index contributed by atoms with van der Waals surface area (Å²) in [5, 5.41) is 9.06. The molecule has 0 saturated carbocycles. The van der Waals surface area contributed by atoms with Gasteiger partial charge in [0.1, 0.15) is 0 Å². The smallest absolute Gasteiger partial charge is 0.355 e. The van der Waals surface area contributed by atoms with Crippen molar-refractivity contribution in [2.45, 2.75) is 13.8 Å². The fourth-order valence-electron chi connectivity index (χ4n) is 1.73. The van der Waals surface area contributed by atoms with Crippen LogP contribution in [0, 0.1) is 13.8 Å². The Morgan fingerprint density at radius 1 is 1.21 bits per heavy atom. The molecule has 6 heteroatoms. The van der Waals surface area contributed by atoms with E-state index in [2.05, 4.69) is 41.8 Å². The minimum Gasteiger partial charge on any atom is -0.476 e. The van der Waals surface area contributed by atoms with Crippen molar-refractivity contribution in [3.05, 3.63) is 44.1 Å². The number of aromatic carboxylic acids is 1. The van der Waals surface area contributed by atoms with E-state index in [1.165, 1.54) is 6.20 Å². The predicted molar refractivity (Wildman–Crippen MR) is 79.3 cm³/mol. The molecule has 0 aliphatic rings. The van der Waals surface area contributed by atoms with Crippen LogP contribution in [-0.4, -0.2) is 21.0 Å². The highest BCUT2D eigenvalue weighted by molar-refractivity contribution is 9.10. The van der Waals surface area contributed by atoms with Crippen LogP contribution in [0.5, 0.6) is 0 Å². The molecule has 0 amide bonds. The zero-order valence-corrected chi connectivity index (χ0v) is 13.4. The molecule has 2 aromatic rings. The van der Waals surface area contributed by atoms with Crippen molar-refractivity contribution < 1.29 is 9.90 Å². The number of halogens is 2. The average Bonchev–Trinajstić information content (AvgIpc) is 2.35. The lowest BCUT2D eigenvalue weighted by Gasteiger charge is -2.08. The summed E-state index contributed by atoms with van der Waals surface area (Å²) in [5.74, 6) is -0.680. The van der Waals surface area contributed by atoms with Crippen molar-refractivity contribution in [1.29, 1.82) is 0 Å². The van der Waals surface area contributed by atoms with Gasteiger partial charge in [-0.05, 0) is 53.0 Å². The van der Waals surface area contributed by atoms with Crippen molar-refractivity contribution in [2.24, 2.45) is 0 Å². The molecule has 0 saturated heterocycles. The van der Waals surface area contributed by atoms with E-state index in [1.807, 2.05) is 26.0 Å². The molecular weight excluding hydrogens is 376 g/mol. The molecule has 0 spiro atoms. The SMILES string of the molecule is Cc1cc(-c2ncc(Br)c(C(=O)O)n2)cc(C)c1Br. The number of aromatic nitrogens is 2. The average molecular weight is 386 g/mol. The van der Waals surface area contributed by atoms with E-state index in [1.54, 1.807) is 0 Å². The van der Waals surface area contributed by atoms with Gasteiger partial charge in [0.2, 0.25) is 0 Å². The number of hydrogen-bond acceptors (Lipinski definition) is 3. The molecule has 0 aliphatic heterocycles. The highest BCUT2D eigenvalue weighted by Crippen LogP contribution is 2.27. The number of carboxylic acids is 1. The normalized spacial score (nSPS) is 10.5. The van der Waals surface area contributed by atoms with Crippen LogP contribution in [0.1, 0.15) is 21.6 Å². The Morgan fingerprint density at radius 3 is 2.32 bits per heavy atom. The lowest BCUT2D eigenvalue weighted by atomic mass is 10.1. The van der Waals surface area contributed by atoms with Gasteiger partial charge in [-0.1, -0.05) is 15.9 Å². The Kier molecular flexibility index (Phi) is 4.01. The number of hydrogen-bond donors (Lipinski definition) is 1. The minimum absolute atomic E-state index is 0.0387. The van der Waals surface area contributed by atoms with Crippen LogP contribution in [-0.2, 0) is 0 Å². The van der Waals surface area contributed by atoms with Crippen LogP contribution >= 0.6 is 31.9 Å². The molecule has 1 aromatic heterocycles. The van der Waals surface area contributed by atoms with Gasteiger partial charge in [-0.15, -0.1) is 0 Å². The van der Waals surface area contributed by atoms with Crippen molar-refractivity contribution in [1.82, 2.24) is 9.97 Å². The molecule has 0 bridgehead atoms. The third-order valence-corrected chi connectivity index (χ3v) is 4.47. The van der Waals surface area contributed by atoms with E-state index in [0.29, 0.717) is 10.3 Å². The lowest BCUT2D eigenvalue weighted by molar-refractivity contribution is 0.0689. The third-order valence-electron chi connectivity index (χ3n) is 2.64. The monoisotopic (exact) mass is 384 g/mol. The van der Waals surface area contributed by atoms with Gasteiger partial charge in [-0.25, -0.2) is 14.8 Å². The van der Waals surface area contributed by atoms with Gasteiger partial charge in [-0.3, -0.25) is 0 Å². The molecule has 98 valence electrons. The summed E-state index contributed by atoms with van der Waals surface area (Å²) in [7, 11) is 0. The Labute approximate surface area is 127 Å². The maximum atomic E-state index is 11.1. The molecule has 1 heterocycles. The number of benzene rings is 1. The Morgan fingerprint density at radius 2 is 1.79 bits per heavy atom. The van der Waals surface area contributed by atoms with Gasteiger partial charge < -0.3 is 5.11 Å². The Bertz CT molecular complexity index is 649. The number of rotatable bonds is 2. The summed E-state index contributed by atoms with van der Waals surface area (Å²) >= 11 is 6.62. The van der Waals surface area contributed by atoms with Crippen molar-refractivity contribution in [3.63, 3.8) is 0 Å². The van der Waals surface area contributed by atoms with Crippen LogP contribution in [0.3, 0.4) is 0 Å². The first-order valence-corrected chi connectivity index (χ1v) is 7.01. The summed E-state index contributed by atoms with van der Waals surface area (Å²) < 4.78 is 1.40. The van der Waals surface area contributed by atoms with E-state index < -0.39 is 5.97 Å². The highest BCUT2D eigenvalue weighted by atomic mass is 79.9. The second kappa shape index (κ2) is 5.38. The molecule has 1 aromatic carbocycles. The van der Waals surface area contributed by atoms with Gasteiger partial charge >= 0.3 is 5.97 Å². The summed E-state index contributed by atoms with van der Waals surface area (Å²) in [4.78, 5) is 19.3. The second-order valence-corrected chi connectivity index (χ2v) is 5.77. The zero-order valence-electron chi connectivity index (χ0n) is 10.2. The topological polar surface area (TPSA) is 63.1 Å². The van der Waals surface area contributed by atoms with Crippen molar-refractivity contribution >= 4 is 37.8 Å². The number of nitrogens with zero attached hydrogens (tertiary/aromatic N) is 2. The fourth-order valence-corrected chi connectivity index (χ4v) is 2.32. The Hall–Kier alpha value is -1.27. The van der Waals surface area contributed by atoms with Crippen LogP contribution in [0.15, 0.2) is 27.3 Å². The first kappa shape index (κ1) is 14.1. The van der Waals surface area contributed by atoms with Crippen molar-refractivity contribution in [2.75, 3.05) is 0 Å². The summed E-state index contributed by atoms with van der Waals surface area (Å²) in [6, 6.07) is 3.85. The minimum atomic E-state index is -1.08. The molecule has 0 fully saturated rings. The first-order valence-electron chi connectivity index (χ1n) is 5.43. The first-order chi connectivity index (χ1) is 8.90. The standard InChI is InChI=1S/C13H10Br2N2O2/c1-6-3-8(4-7(2)10(6)15)12-16-5-9(14)11(17-12)13(18)19/h3-5H,1-2H3,(H,18,19). The van der Waals surface area contributed by atoms with Crippen LogP contribution in [0.2, 0.25) is 0 Å². The molecule has 0 aliphatic carbocycles. The molecule has 2 rings (SSSR count). The molecule has 0 radical (unpaired) electrons. The number of carbonyl (C=O) groups is 1. The maximum Gasteiger partial charge on any atom is 0.355 e. The number of aryl methyl sites for hydroxylation is 2. The molecule has 0 unspecified atom stereocenters. The Balaban J connectivity index is 2.60. The van der Waals surface area contributed by atoms with E-state index in [-0.39, 0.29) is 5.69 Å². The molecule has 1 N–H and O–H groups in total. The molecule has 4 nitrogen and oxygen atoms in total. The summed E-state index contributed by atoms with van der Waals surface area (Å²) in [6.45, 7) is 3.94. The molecule has 0 atom stereocenters. The van der Waals surface area contributed by atoms with E-state index in [0.717, 1.165) is 21.2 Å². The van der Waals surface area contributed by atoms with Crippen LogP contribution in [0.4, 0.5) is 0 Å². The zero-order chi connectivity index (χ0) is 14.2. The number of carboxylic acid groups (broad SMARTS) is 1.